The van der Waals surface area contributed by atoms with Crippen LogP contribution in [0.2, 0.25) is 0 Å². The van der Waals surface area contributed by atoms with Crippen molar-refractivity contribution in [1.29, 1.82) is 0 Å². The maximum atomic E-state index is 12.7. The Kier molecular flexibility index (Phi) is 5.57. The molecule has 0 fully saturated rings. The van der Waals surface area contributed by atoms with Crippen LogP contribution in [0.4, 0.5) is 0 Å². The molecule has 0 aliphatic rings. The van der Waals surface area contributed by atoms with Gasteiger partial charge in [0.05, 0.1) is 12.2 Å². The molecule has 0 bridgehead atoms. The highest BCUT2D eigenvalue weighted by Crippen LogP contribution is 2.24. The quantitative estimate of drug-likeness (QED) is 0.222. The van der Waals surface area contributed by atoms with Crippen LogP contribution >= 0.6 is 0 Å². The van der Waals surface area contributed by atoms with Crippen molar-refractivity contribution >= 4 is 28.6 Å². The molecule has 148 valence electrons. The predicted molar refractivity (Wildman–Crippen MR) is 117 cm³/mol. The van der Waals surface area contributed by atoms with E-state index < -0.39 is 0 Å². The molecule has 30 heavy (non-hydrogen) atoms. The molecule has 3 aromatic carbocycles. The second-order valence-electron chi connectivity index (χ2n) is 6.72. The minimum atomic E-state index is -0.348. The standard InChI is InChI=1S/C26H20O4/c1-2-29-26(28)20-12-10-19(11-13-20)25-17-15-21(30-25)14-16-24(27)23-9-5-7-18-6-3-4-8-22(18)23/h3-17H,2H2,1H3. The summed E-state index contributed by atoms with van der Waals surface area (Å²) in [4.78, 5) is 24.4. The van der Waals surface area contributed by atoms with Crippen molar-refractivity contribution < 1.29 is 18.7 Å². The van der Waals surface area contributed by atoms with E-state index in [0.29, 0.717) is 29.3 Å². The Morgan fingerprint density at radius 2 is 1.67 bits per heavy atom. The monoisotopic (exact) mass is 396 g/mol. The number of carbonyl (C=O) groups is 2. The average molecular weight is 396 g/mol. The number of benzene rings is 3. The van der Waals surface area contributed by atoms with Gasteiger partial charge in [0.1, 0.15) is 11.5 Å². The molecule has 0 aliphatic heterocycles. The Hall–Kier alpha value is -3.92. The van der Waals surface area contributed by atoms with E-state index in [0.717, 1.165) is 16.3 Å². The van der Waals surface area contributed by atoms with Crippen LogP contribution < -0.4 is 0 Å². The second-order valence-corrected chi connectivity index (χ2v) is 6.72. The van der Waals surface area contributed by atoms with E-state index in [4.69, 9.17) is 9.15 Å². The minimum Gasteiger partial charge on any atom is -0.462 e. The van der Waals surface area contributed by atoms with Crippen LogP contribution in [0.15, 0.2) is 89.4 Å². The number of furan rings is 1. The molecule has 0 saturated carbocycles. The lowest BCUT2D eigenvalue weighted by Crippen LogP contribution is -2.03. The molecular weight excluding hydrogens is 376 g/mol. The van der Waals surface area contributed by atoms with Gasteiger partial charge in [-0.2, -0.15) is 0 Å². The molecule has 0 radical (unpaired) electrons. The van der Waals surface area contributed by atoms with Crippen LogP contribution in [0.3, 0.4) is 0 Å². The Labute approximate surface area is 174 Å². The first kappa shape index (κ1) is 19.4. The Morgan fingerprint density at radius 3 is 2.47 bits per heavy atom. The molecule has 4 rings (SSSR count). The Bertz CT molecular complexity index is 1220. The van der Waals surface area contributed by atoms with E-state index in [-0.39, 0.29) is 11.8 Å². The first-order chi connectivity index (χ1) is 14.7. The van der Waals surface area contributed by atoms with Crippen molar-refractivity contribution in [3.63, 3.8) is 0 Å². The zero-order valence-electron chi connectivity index (χ0n) is 16.5. The summed E-state index contributed by atoms with van der Waals surface area (Å²) in [5, 5.41) is 1.96. The SMILES string of the molecule is CCOC(=O)c1ccc(-c2ccc(C=CC(=O)c3cccc4ccccc34)o2)cc1. The minimum absolute atomic E-state index is 0.0801. The van der Waals surface area contributed by atoms with Gasteiger partial charge >= 0.3 is 5.97 Å². The third kappa shape index (κ3) is 4.08. The fourth-order valence-corrected chi connectivity index (χ4v) is 3.27. The molecule has 1 aromatic heterocycles. The molecule has 4 nitrogen and oxygen atoms in total. The molecular formula is C26H20O4. The molecule has 0 spiro atoms. The van der Waals surface area contributed by atoms with Crippen LogP contribution in [-0.2, 0) is 4.74 Å². The van der Waals surface area contributed by atoms with Gasteiger partial charge in [-0.05, 0) is 54.1 Å². The van der Waals surface area contributed by atoms with Gasteiger partial charge < -0.3 is 9.15 Å². The number of fused-ring (bicyclic) bond motifs is 1. The summed E-state index contributed by atoms with van der Waals surface area (Å²) in [6.07, 6.45) is 3.19. The predicted octanol–water partition coefficient (Wildman–Crippen LogP) is 6.17. The smallest absolute Gasteiger partial charge is 0.338 e. The van der Waals surface area contributed by atoms with Gasteiger partial charge in [-0.15, -0.1) is 0 Å². The third-order valence-corrected chi connectivity index (χ3v) is 4.76. The van der Waals surface area contributed by atoms with Crippen LogP contribution in [0.1, 0.15) is 33.4 Å². The number of carbonyl (C=O) groups excluding carboxylic acids is 2. The number of esters is 1. The molecule has 0 N–H and O–H groups in total. The number of allylic oxidation sites excluding steroid dienone is 1. The lowest BCUT2D eigenvalue weighted by atomic mass is 10.0. The van der Waals surface area contributed by atoms with E-state index in [1.165, 1.54) is 6.08 Å². The van der Waals surface area contributed by atoms with Crippen LogP contribution in [0, 0.1) is 0 Å². The number of rotatable bonds is 6. The van der Waals surface area contributed by atoms with E-state index in [1.54, 1.807) is 37.3 Å². The zero-order valence-corrected chi connectivity index (χ0v) is 16.5. The number of ketones is 1. The first-order valence-electron chi connectivity index (χ1n) is 9.73. The summed E-state index contributed by atoms with van der Waals surface area (Å²) in [5.74, 6) is 0.804. The average Bonchev–Trinajstić information content (AvgIpc) is 3.26. The van der Waals surface area contributed by atoms with Gasteiger partial charge in [-0.3, -0.25) is 4.79 Å². The second kappa shape index (κ2) is 8.62. The van der Waals surface area contributed by atoms with Crippen molar-refractivity contribution in [2.45, 2.75) is 6.92 Å². The van der Waals surface area contributed by atoms with Crippen molar-refractivity contribution in [3.05, 3.63) is 102 Å². The highest BCUT2D eigenvalue weighted by atomic mass is 16.5. The van der Waals surface area contributed by atoms with Gasteiger partial charge in [-0.1, -0.05) is 54.6 Å². The maximum Gasteiger partial charge on any atom is 0.338 e. The largest absolute Gasteiger partial charge is 0.462 e. The molecule has 4 heteroatoms. The third-order valence-electron chi connectivity index (χ3n) is 4.76. The molecule has 0 aliphatic carbocycles. The van der Waals surface area contributed by atoms with Crippen LogP contribution in [0.25, 0.3) is 28.2 Å². The molecule has 0 amide bonds. The van der Waals surface area contributed by atoms with E-state index in [2.05, 4.69) is 0 Å². The number of ether oxygens (including phenoxy) is 1. The van der Waals surface area contributed by atoms with E-state index in [9.17, 15) is 9.59 Å². The van der Waals surface area contributed by atoms with E-state index >= 15 is 0 Å². The highest BCUT2D eigenvalue weighted by molar-refractivity contribution is 6.14. The van der Waals surface area contributed by atoms with Gasteiger partial charge in [0.2, 0.25) is 0 Å². The molecule has 0 atom stereocenters. The maximum absolute atomic E-state index is 12.7. The summed E-state index contributed by atoms with van der Waals surface area (Å²) in [7, 11) is 0. The summed E-state index contributed by atoms with van der Waals surface area (Å²) >= 11 is 0. The lowest BCUT2D eigenvalue weighted by molar-refractivity contribution is 0.0526. The van der Waals surface area contributed by atoms with Crippen LogP contribution in [0.5, 0.6) is 0 Å². The van der Waals surface area contributed by atoms with Gasteiger partial charge in [-0.25, -0.2) is 4.79 Å². The number of hydrogen-bond acceptors (Lipinski definition) is 4. The first-order valence-corrected chi connectivity index (χ1v) is 9.73. The Balaban J connectivity index is 1.51. The highest BCUT2D eigenvalue weighted by Gasteiger charge is 2.09. The fraction of sp³-hybridized carbons (Fsp3) is 0.0769. The van der Waals surface area contributed by atoms with Crippen molar-refractivity contribution in [1.82, 2.24) is 0 Å². The summed E-state index contributed by atoms with van der Waals surface area (Å²) < 4.78 is 10.8. The van der Waals surface area contributed by atoms with Gasteiger partial charge in [0.25, 0.3) is 0 Å². The van der Waals surface area contributed by atoms with Crippen molar-refractivity contribution in [2.75, 3.05) is 6.61 Å². The zero-order chi connectivity index (χ0) is 20.9. The molecule has 4 aromatic rings. The van der Waals surface area contributed by atoms with Gasteiger partial charge in [0, 0.05) is 11.1 Å². The normalized spacial score (nSPS) is 11.1. The summed E-state index contributed by atoms with van der Waals surface area (Å²) in [6.45, 7) is 2.11. The molecule has 0 unspecified atom stereocenters. The van der Waals surface area contributed by atoms with Gasteiger partial charge in [0.15, 0.2) is 5.78 Å². The topological polar surface area (TPSA) is 56.5 Å². The van der Waals surface area contributed by atoms with E-state index in [1.807, 2.05) is 54.6 Å². The summed E-state index contributed by atoms with van der Waals surface area (Å²) in [5.41, 5.74) is 1.99. The summed E-state index contributed by atoms with van der Waals surface area (Å²) in [6, 6.07) is 24.2. The van der Waals surface area contributed by atoms with Crippen LogP contribution in [-0.4, -0.2) is 18.4 Å². The molecule has 1 heterocycles. The lowest BCUT2D eigenvalue weighted by Gasteiger charge is -2.03. The Morgan fingerprint density at radius 1 is 0.900 bits per heavy atom. The molecule has 0 saturated heterocycles. The number of hydrogen-bond donors (Lipinski definition) is 0. The fourth-order valence-electron chi connectivity index (χ4n) is 3.27. The van der Waals surface area contributed by atoms with Crippen molar-refractivity contribution in [2.24, 2.45) is 0 Å². The van der Waals surface area contributed by atoms with Crippen molar-refractivity contribution in [3.8, 4) is 11.3 Å².